The Morgan fingerprint density at radius 2 is 2.12 bits per heavy atom. The second-order valence-corrected chi connectivity index (χ2v) is 6.90. The fourth-order valence-corrected chi connectivity index (χ4v) is 3.10. The van der Waals surface area contributed by atoms with Gasteiger partial charge in [0, 0.05) is 12.8 Å². The normalized spacial score (nSPS) is 20.4. The average molecular weight is 392 g/mol. The van der Waals surface area contributed by atoms with Gasteiger partial charge in [-0.3, -0.25) is 9.59 Å². The summed E-state index contributed by atoms with van der Waals surface area (Å²) in [5, 5.41) is -0.131. The minimum atomic E-state index is -4.49. The molecule has 9 nitrogen and oxygen atoms in total. The highest BCUT2D eigenvalue weighted by molar-refractivity contribution is 7.86. The van der Waals surface area contributed by atoms with Crippen LogP contribution in [-0.4, -0.2) is 37.4 Å². The number of benzene rings is 1. The van der Waals surface area contributed by atoms with Crippen molar-refractivity contribution in [1.29, 1.82) is 0 Å². The summed E-state index contributed by atoms with van der Waals surface area (Å²) in [6.45, 7) is 0.686. The van der Waals surface area contributed by atoms with Gasteiger partial charge in [-0.15, -0.1) is 15.9 Å². The molecule has 136 valence electrons. The van der Waals surface area contributed by atoms with Gasteiger partial charge < -0.3 is 9.57 Å². The summed E-state index contributed by atoms with van der Waals surface area (Å²) in [6, 6.07) is 5.37. The number of hydroxylamine groups is 2. The highest BCUT2D eigenvalue weighted by Gasteiger charge is 2.38. The van der Waals surface area contributed by atoms with E-state index < -0.39 is 33.9 Å². The van der Waals surface area contributed by atoms with Crippen LogP contribution in [0.5, 0.6) is 0 Å². The van der Waals surface area contributed by atoms with Gasteiger partial charge in [0.2, 0.25) is 0 Å². The fourth-order valence-electron chi connectivity index (χ4n) is 1.97. The summed E-state index contributed by atoms with van der Waals surface area (Å²) >= 11 is 5.59. The molecule has 0 radical (unpaired) electrons. The number of amides is 1. The molecule has 1 aliphatic rings. The maximum Gasteiger partial charge on any atom is 0.332 e. The second-order valence-electron chi connectivity index (χ2n) is 4.99. The third-order valence-corrected chi connectivity index (χ3v) is 4.49. The van der Waals surface area contributed by atoms with Gasteiger partial charge in [-0.1, -0.05) is 12.1 Å². The predicted molar refractivity (Wildman–Crippen MR) is 81.9 cm³/mol. The molecule has 25 heavy (non-hydrogen) atoms. The number of fused-ring (bicyclic) bond motifs is 2. The van der Waals surface area contributed by atoms with Gasteiger partial charge >= 0.3 is 28.0 Å². The molecule has 1 aromatic carbocycles. The van der Waals surface area contributed by atoms with Crippen molar-refractivity contribution in [2.75, 3.05) is 5.88 Å². The van der Waals surface area contributed by atoms with E-state index in [9.17, 15) is 22.8 Å². The molecule has 2 bridgehead atoms. The van der Waals surface area contributed by atoms with Crippen LogP contribution in [0.1, 0.15) is 18.9 Å². The van der Waals surface area contributed by atoms with Crippen molar-refractivity contribution in [3.63, 3.8) is 0 Å². The molecule has 1 aromatic rings. The van der Waals surface area contributed by atoms with Crippen LogP contribution in [-0.2, 0) is 45.0 Å². The molecule has 0 aliphatic carbocycles. The smallest absolute Gasteiger partial charge is 0.332 e. The van der Waals surface area contributed by atoms with Crippen molar-refractivity contribution in [3.8, 4) is 0 Å². The van der Waals surface area contributed by atoms with Crippen LogP contribution in [0.15, 0.2) is 29.2 Å². The van der Waals surface area contributed by atoms with Gasteiger partial charge in [-0.25, -0.2) is 4.79 Å². The molecule has 0 spiro atoms. The number of carbonyl (C=O) groups excluding carboxylic acids is 3. The van der Waals surface area contributed by atoms with E-state index in [0.29, 0.717) is 5.56 Å². The fraction of sp³-hybridized carbons (Fsp3) is 0.357. The molecular formula is C14H14ClNO8S. The van der Waals surface area contributed by atoms with E-state index in [4.69, 9.17) is 16.3 Å². The molecule has 0 saturated heterocycles. The Hall–Kier alpha value is -2.17. The highest BCUT2D eigenvalue weighted by atomic mass is 35.5. The van der Waals surface area contributed by atoms with E-state index in [0.717, 1.165) is 6.92 Å². The number of hydrogen-bond acceptors (Lipinski definition) is 8. The zero-order valence-corrected chi connectivity index (χ0v) is 14.6. The summed E-state index contributed by atoms with van der Waals surface area (Å²) in [4.78, 5) is 40.0. The zero-order chi connectivity index (χ0) is 18.6. The van der Waals surface area contributed by atoms with E-state index in [1.165, 1.54) is 24.3 Å². The van der Waals surface area contributed by atoms with Crippen LogP contribution in [0.3, 0.4) is 0 Å². The van der Waals surface area contributed by atoms with Crippen LogP contribution < -0.4 is 0 Å². The molecule has 0 N–H and O–H groups in total. The summed E-state index contributed by atoms with van der Waals surface area (Å²) in [6.07, 6.45) is -0.169. The maximum absolute atomic E-state index is 12.4. The van der Waals surface area contributed by atoms with E-state index in [1.807, 2.05) is 0 Å². The molecule has 1 aliphatic heterocycles. The minimum absolute atomic E-state index is 0.0973. The van der Waals surface area contributed by atoms with E-state index >= 15 is 0 Å². The number of carbonyl (C=O) groups is 3. The molecule has 0 unspecified atom stereocenters. The Kier molecular flexibility index (Phi) is 5.98. The van der Waals surface area contributed by atoms with E-state index in [-0.39, 0.29) is 29.0 Å². The number of ether oxygens (including phenoxy) is 1. The van der Waals surface area contributed by atoms with Crippen molar-refractivity contribution >= 4 is 39.6 Å². The Morgan fingerprint density at radius 1 is 1.40 bits per heavy atom. The summed E-state index contributed by atoms with van der Waals surface area (Å²) < 4.78 is 34.3. The van der Waals surface area contributed by atoms with Gasteiger partial charge in [0.05, 0.1) is 4.90 Å². The first-order chi connectivity index (χ1) is 11.7. The lowest BCUT2D eigenvalue weighted by Crippen LogP contribution is -2.42. The molecule has 11 heteroatoms. The molecular weight excluding hydrogens is 378 g/mol. The van der Waals surface area contributed by atoms with Gasteiger partial charge in [-0.2, -0.15) is 8.42 Å². The number of halogens is 1. The zero-order valence-electron chi connectivity index (χ0n) is 13.0. The lowest BCUT2D eigenvalue weighted by molar-refractivity contribution is -0.280. The van der Waals surface area contributed by atoms with E-state index in [1.54, 1.807) is 0 Å². The number of hydrogen-bond donors (Lipinski definition) is 0. The summed E-state index contributed by atoms with van der Waals surface area (Å²) in [5.74, 6) is -4.79. The number of alkyl halides is 1. The molecule has 1 amide bonds. The van der Waals surface area contributed by atoms with Crippen molar-refractivity contribution in [3.05, 3.63) is 29.8 Å². The second kappa shape index (κ2) is 7.81. The van der Waals surface area contributed by atoms with Crippen molar-refractivity contribution in [1.82, 2.24) is 5.23 Å². The van der Waals surface area contributed by atoms with Crippen molar-refractivity contribution in [2.24, 2.45) is 5.92 Å². The molecule has 0 saturated carbocycles. The van der Waals surface area contributed by atoms with Crippen molar-refractivity contribution < 1.29 is 36.7 Å². The quantitative estimate of drug-likeness (QED) is 0.424. The molecule has 1 heterocycles. The Labute approximate surface area is 148 Å². The van der Waals surface area contributed by atoms with Crippen molar-refractivity contribution in [2.45, 2.75) is 24.8 Å². The third-order valence-electron chi connectivity index (χ3n) is 3.11. The van der Waals surface area contributed by atoms with Crippen LogP contribution in [0.25, 0.3) is 0 Å². The van der Waals surface area contributed by atoms with Crippen LogP contribution in [0.4, 0.5) is 0 Å². The SMILES string of the molecule is CC(=O)ON1OS(=O)(=O)c2cccc(c2)COC(=O)[C@@H](CCCl)C1=O. The van der Waals surface area contributed by atoms with E-state index in [2.05, 4.69) is 9.12 Å². The molecule has 2 rings (SSSR count). The summed E-state index contributed by atoms with van der Waals surface area (Å²) in [7, 11) is -4.49. The molecule has 0 fully saturated rings. The van der Waals surface area contributed by atoms with Gasteiger partial charge in [-0.05, 0) is 29.3 Å². The lowest BCUT2D eigenvalue weighted by Gasteiger charge is -2.21. The van der Waals surface area contributed by atoms with Gasteiger partial charge in [0.15, 0.2) is 0 Å². The number of cyclic esters (lactones) is 1. The van der Waals surface area contributed by atoms with Crippen LogP contribution in [0.2, 0.25) is 0 Å². The topological polar surface area (TPSA) is 116 Å². The number of nitrogens with zero attached hydrogens (tertiary/aromatic N) is 1. The Bertz CT molecular complexity index is 794. The molecule has 1 atom stereocenters. The third kappa shape index (κ3) is 4.68. The minimum Gasteiger partial charge on any atom is -0.460 e. The first-order valence-electron chi connectivity index (χ1n) is 7.03. The largest absolute Gasteiger partial charge is 0.460 e. The monoisotopic (exact) mass is 391 g/mol. The Balaban J connectivity index is 2.50. The van der Waals surface area contributed by atoms with Gasteiger partial charge in [0.1, 0.15) is 12.5 Å². The first kappa shape index (κ1) is 19.2. The Morgan fingerprint density at radius 3 is 2.76 bits per heavy atom. The average Bonchev–Trinajstić information content (AvgIpc) is 2.56. The summed E-state index contributed by atoms with van der Waals surface area (Å²) in [5.41, 5.74) is 0.371. The molecule has 0 aromatic heterocycles. The predicted octanol–water partition coefficient (Wildman–Crippen LogP) is 0.916. The number of esters is 1. The number of rotatable bonds is 3. The maximum atomic E-state index is 12.4. The van der Waals surface area contributed by atoms with Crippen LogP contribution >= 0.6 is 11.6 Å². The van der Waals surface area contributed by atoms with Gasteiger partial charge in [0.25, 0.3) is 0 Å². The highest BCUT2D eigenvalue weighted by Crippen LogP contribution is 2.22. The first-order valence-corrected chi connectivity index (χ1v) is 8.97. The standard InChI is InChI=1S/C14H14ClNO8S/c1-9(17)23-16-13(18)12(5-6-15)14(19)22-8-10-3-2-4-11(7-10)25(20,21)24-16/h2-4,7,12H,5-6,8H2,1H3/t12-/m0/s1. The van der Waals surface area contributed by atoms with Crippen LogP contribution in [0, 0.1) is 5.92 Å². The lowest BCUT2D eigenvalue weighted by atomic mass is 10.1.